The second-order valence-electron chi connectivity index (χ2n) is 4.89. The third-order valence-electron chi connectivity index (χ3n) is 3.55. The molecule has 20 heavy (non-hydrogen) atoms. The fraction of sp³-hybridized carbons (Fsp3) is 0.400. The van der Waals surface area contributed by atoms with Gasteiger partial charge >= 0.3 is 0 Å². The standard InChI is InChI=1S/C15H17NO4/c17-15(11-5-8-18-10-11)16-9-12(13-3-1-6-19-13)14-4-2-7-20-14/h1-4,6-7,11-12H,5,8-10H2,(H,16,17). The topological polar surface area (TPSA) is 64.6 Å². The highest BCUT2D eigenvalue weighted by atomic mass is 16.5. The molecule has 1 amide bonds. The van der Waals surface area contributed by atoms with Crippen LogP contribution in [-0.2, 0) is 9.53 Å². The van der Waals surface area contributed by atoms with Crippen LogP contribution in [0, 0.1) is 5.92 Å². The van der Waals surface area contributed by atoms with Crippen molar-refractivity contribution in [2.75, 3.05) is 19.8 Å². The van der Waals surface area contributed by atoms with Gasteiger partial charge in [0, 0.05) is 13.2 Å². The van der Waals surface area contributed by atoms with E-state index in [-0.39, 0.29) is 17.7 Å². The van der Waals surface area contributed by atoms with Crippen LogP contribution < -0.4 is 5.32 Å². The molecule has 2 aromatic heterocycles. The molecule has 0 bridgehead atoms. The summed E-state index contributed by atoms with van der Waals surface area (Å²) in [5.74, 6) is 1.45. The maximum absolute atomic E-state index is 12.0. The van der Waals surface area contributed by atoms with E-state index in [9.17, 15) is 4.79 Å². The average Bonchev–Trinajstić information content (AvgIpc) is 3.22. The summed E-state index contributed by atoms with van der Waals surface area (Å²) >= 11 is 0. The van der Waals surface area contributed by atoms with Gasteiger partial charge in [0.2, 0.25) is 5.91 Å². The van der Waals surface area contributed by atoms with Crippen molar-refractivity contribution in [1.82, 2.24) is 5.32 Å². The Hall–Kier alpha value is -2.01. The van der Waals surface area contributed by atoms with E-state index >= 15 is 0 Å². The van der Waals surface area contributed by atoms with Gasteiger partial charge in [0.05, 0.1) is 31.0 Å². The summed E-state index contributed by atoms with van der Waals surface area (Å²) in [5.41, 5.74) is 0. The van der Waals surface area contributed by atoms with Crippen LogP contribution in [0.2, 0.25) is 0 Å². The fourth-order valence-corrected chi connectivity index (χ4v) is 2.41. The summed E-state index contributed by atoms with van der Waals surface area (Å²) in [4.78, 5) is 12.0. The highest BCUT2D eigenvalue weighted by Crippen LogP contribution is 2.25. The molecule has 0 saturated carbocycles. The molecule has 3 rings (SSSR count). The van der Waals surface area contributed by atoms with Crippen LogP contribution in [0.15, 0.2) is 45.6 Å². The largest absolute Gasteiger partial charge is 0.469 e. The minimum absolute atomic E-state index is 0.0330. The van der Waals surface area contributed by atoms with Crippen molar-refractivity contribution in [3.05, 3.63) is 48.3 Å². The molecule has 106 valence electrons. The van der Waals surface area contributed by atoms with Crippen LogP contribution in [0.1, 0.15) is 23.9 Å². The molecular weight excluding hydrogens is 258 g/mol. The highest BCUT2D eigenvalue weighted by Gasteiger charge is 2.26. The van der Waals surface area contributed by atoms with Crippen molar-refractivity contribution >= 4 is 5.91 Å². The Labute approximate surface area is 116 Å². The predicted octanol–water partition coefficient (Wildman–Crippen LogP) is 2.16. The van der Waals surface area contributed by atoms with E-state index in [1.54, 1.807) is 12.5 Å². The van der Waals surface area contributed by atoms with E-state index in [0.717, 1.165) is 17.9 Å². The summed E-state index contributed by atoms with van der Waals surface area (Å²) in [5, 5.41) is 2.96. The van der Waals surface area contributed by atoms with Crippen molar-refractivity contribution in [1.29, 1.82) is 0 Å². The number of rotatable bonds is 5. The van der Waals surface area contributed by atoms with Crippen molar-refractivity contribution < 1.29 is 18.4 Å². The molecule has 1 N–H and O–H groups in total. The molecule has 1 atom stereocenters. The fourth-order valence-electron chi connectivity index (χ4n) is 2.41. The number of carbonyl (C=O) groups excluding carboxylic acids is 1. The molecular formula is C15H17NO4. The number of carbonyl (C=O) groups is 1. The molecule has 5 nitrogen and oxygen atoms in total. The van der Waals surface area contributed by atoms with Gasteiger partial charge in [-0.15, -0.1) is 0 Å². The molecule has 2 aromatic rings. The lowest BCUT2D eigenvalue weighted by atomic mass is 10.0. The molecule has 1 unspecified atom stereocenters. The van der Waals surface area contributed by atoms with Crippen molar-refractivity contribution in [3.63, 3.8) is 0 Å². The average molecular weight is 275 g/mol. The van der Waals surface area contributed by atoms with Gasteiger partial charge in [0.25, 0.3) is 0 Å². The monoisotopic (exact) mass is 275 g/mol. The third-order valence-corrected chi connectivity index (χ3v) is 3.55. The Morgan fingerprint density at radius 3 is 2.45 bits per heavy atom. The van der Waals surface area contributed by atoms with Gasteiger partial charge in [0.15, 0.2) is 0 Å². The number of nitrogens with one attached hydrogen (secondary N) is 1. The van der Waals surface area contributed by atoms with Gasteiger partial charge in [-0.05, 0) is 30.7 Å². The minimum atomic E-state index is -0.105. The number of amides is 1. The van der Waals surface area contributed by atoms with Crippen LogP contribution in [0.25, 0.3) is 0 Å². The second-order valence-corrected chi connectivity index (χ2v) is 4.89. The molecule has 0 radical (unpaired) electrons. The zero-order valence-electron chi connectivity index (χ0n) is 11.1. The first-order chi connectivity index (χ1) is 9.84. The number of ether oxygens (including phenoxy) is 1. The zero-order chi connectivity index (χ0) is 13.8. The molecule has 0 aliphatic carbocycles. The summed E-state index contributed by atoms with van der Waals surface area (Å²) in [6, 6.07) is 7.44. The minimum Gasteiger partial charge on any atom is -0.469 e. The molecule has 0 spiro atoms. The Morgan fingerprint density at radius 1 is 1.25 bits per heavy atom. The van der Waals surface area contributed by atoms with Crippen LogP contribution in [0.3, 0.4) is 0 Å². The maximum atomic E-state index is 12.0. The second kappa shape index (κ2) is 5.96. The lowest BCUT2D eigenvalue weighted by Crippen LogP contribution is -2.34. The molecule has 3 heterocycles. The summed E-state index contributed by atoms with van der Waals surface area (Å²) in [7, 11) is 0. The third kappa shape index (κ3) is 2.77. The summed E-state index contributed by atoms with van der Waals surface area (Å²) in [6.45, 7) is 1.63. The van der Waals surface area contributed by atoms with Gasteiger partial charge in [-0.1, -0.05) is 0 Å². The van der Waals surface area contributed by atoms with Crippen molar-refractivity contribution in [3.8, 4) is 0 Å². The van der Waals surface area contributed by atoms with Gasteiger partial charge < -0.3 is 18.9 Å². The van der Waals surface area contributed by atoms with Gasteiger partial charge in [-0.2, -0.15) is 0 Å². The highest BCUT2D eigenvalue weighted by molar-refractivity contribution is 5.79. The predicted molar refractivity (Wildman–Crippen MR) is 71.2 cm³/mol. The maximum Gasteiger partial charge on any atom is 0.225 e. The molecule has 1 aliphatic heterocycles. The van der Waals surface area contributed by atoms with Crippen LogP contribution in [-0.4, -0.2) is 25.7 Å². The smallest absolute Gasteiger partial charge is 0.225 e. The van der Waals surface area contributed by atoms with E-state index in [4.69, 9.17) is 13.6 Å². The molecule has 1 aliphatic rings. The van der Waals surface area contributed by atoms with Crippen LogP contribution in [0.5, 0.6) is 0 Å². The molecule has 1 saturated heterocycles. The quantitative estimate of drug-likeness (QED) is 0.908. The molecule has 5 heteroatoms. The first kappa shape index (κ1) is 13.0. The first-order valence-electron chi connectivity index (χ1n) is 6.77. The van der Waals surface area contributed by atoms with E-state index in [1.165, 1.54) is 0 Å². The lowest BCUT2D eigenvalue weighted by molar-refractivity contribution is -0.125. The Morgan fingerprint density at radius 2 is 1.95 bits per heavy atom. The van der Waals surface area contributed by atoms with E-state index in [2.05, 4.69) is 5.32 Å². The number of hydrogen-bond acceptors (Lipinski definition) is 4. The lowest BCUT2D eigenvalue weighted by Gasteiger charge is -2.15. The summed E-state index contributed by atoms with van der Waals surface area (Å²) < 4.78 is 16.1. The SMILES string of the molecule is O=C(NCC(c1ccco1)c1ccco1)C1CCOC1. The Kier molecular flexibility index (Phi) is 3.87. The number of hydrogen-bond donors (Lipinski definition) is 1. The van der Waals surface area contributed by atoms with Crippen LogP contribution >= 0.6 is 0 Å². The van der Waals surface area contributed by atoms with E-state index < -0.39 is 0 Å². The van der Waals surface area contributed by atoms with Gasteiger partial charge in [0.1, 0.15) is 11.5 Å². The van der Waals surface area contributed by atoms with E-state index in [0.29, 0.717) is 19.8 Å². The van der Waals surface area contributed by atoms with Crippen molar-refractivity contribution in [2.24, 2.45) is 5.92 Å². The van der Waals surface area contributed by atoms with Crippen molar-refractivity contribution in [2.45, 2.75) is 12.3 Å². The zero-order valence-corrected chi connectivity index (χ0v) is 11.1. The normalized spacial score (nSPS) is 18.6. The number of furan rings is 2. The summed E-state index contributed by atoms with van der Waals surface area (Å²) in [6.07, 6.45) is 4.04. The van der Waals surface area contributed by atoms with Gasteiger partial charge in [-0.3, -0.25) is 4.79 Å². The molecule has 1 fully saturated rings. The first-order valence-corrected chi connectivity index (χ1v) is 6.77. The van der Waals surface area contributed by atoms with Crippen LogP contribution in [0.4, 0.5) is 0 Å². The Bertz CT molecular complexity index is 492. The molecule has 0 aromatic carbocycles. The van der Waals surface area contributed by atoms with E-state index in [1.807, 2.05) is 24.3 Å². The Balaban J connectivity index is 1.66. The van der Waals surface area contributed by atoms with Gasteiger partial charge in [-0.25, -0.2) is 0 Å².